The Morgan fingerprint density at radius 3 is 2.22 bits per heavy atom. The summed E-state index contributed by atoms with van der Waals surface area (Å²) in [6, 6.07) is 6.37. The van der Waals surface area contributed by atoms with Crippen LogP contribution in [0.4, 0.5) is 5.69 Å². The Morgan fingerprint density at radius 1 is 0.926 bits per heavy atom. The van der Waals surface area contributed by atoms with Crippen LogP contribution in [0.3, 0.4) is 0 Å². The van der Waals surface area contributed by atoms with Gasteiger partial charge in [0.05, 0.1) is 18.1 Å². The summed E-state index contributed by atoms with van der Waals surface area (Å²) in [6.07, 6.45) is 6.45. The van der Waals surface area contributed by atoms with Crippen LogP contribution in [0, 0.1) is 10.1 Å². The second-order valence-electron chi connectivity index (χ2n) is 6.34. The van der Waals surface area contributed by atoms with E-state index in [-0.39, 0.29) is 37.5 Å². The van der Waals surface area contributed by atoms with Crippen molar-refractivity contribution in [2.45, 2.75) is 64.7 Å². The van der Waals surface area contributed by atoms with Gasteiger partial charge in [-0.15, -0.1) is 0 Å². The molecular weight excluding hydrogens is 350 g/mol. The molecule has 0 radical (unpaired) electrons. The lowest BCUT2D eigenvalue weighted by Crippen LogP contribution is -2.10. The molecule has 0 spiro atoms. The van der Waals surface area contributed by atoms with E-state index >= 15 is 0 Å². The highest BCUT2D eigenvalue weighted by Crippen LogP contribution is 2.18. The Morgan fingerprint density at radius 2 is 1.56 bits per heavy atom. The first-order chi connectivity index (χ1) is 13.0. The molecule has 7 nitrogen and oxygen atoms in total. The second-order valence-corrected chi connectivity index (χ2v) is 6.34. The molecule has 27 heavy (non-hydrogen) atoms. The van der Waals surface area contributed by atoms with Gasteiger partial charge in [-0.3, -0.25) is 19.7 Å². The highest BCUT2D eigenvalue weighted by Gasteiger charge is 2.13. The summed E-state index contributed by atoms with van der Waals surface area (Å²) in [7, 11) is 0. The van der Waals surface area contributed by atoms with Crippen LogP contribution in [0.15, 0.2) is 24.3 Å². The standard InChI is InChI=1S/C20H29NO6/c1-2-3-4-5-8-15-26-19(22)12-9-13-20(23)27-16-14-17-10-6-7-11-18(17)21(24)25/h6-7,10-11H,2-5,8-9,12-16H2,1H3. The molecule has 0 amide bonds. The van der Waals surface area contributed by atoms with E-state index in [9.17, 15) is 19.7 Å². The lowest BCUT2D eigenvalue weighted by atomic mass is 10.1. The van der Waals surface area contributed by atoms with Gasteiger partial charge in [0.2, 0.25) is 0 Å². The zero-order valence-electron chi connectivity index (χ0n) is 16.0. The van der Waals surface area contributed by atoms with Gasteiger partial charge in [-0.1, -0.05) is 50.8 Å². The van der Waals surface area contributed by atoms with Gasteiger partial charge in [0.15, 0.2) is 0 Å². The predicted octanol–water partition coefficient (Wildman–Crippen LogP) is 4.36. The molecule has 1 rings (SSSR count). The summed E-state index contributed by atoms with van der Waals surface area (Å²) in [4.78, 5) is 33.7. The number of unbranched alkanes of at least 4 members (excludes halogenated alkanes) is 4. The Kier molecular flexibility index (Phi) is 11.5. The molecule has 0 aliphatic rings. The smallest absolute Gasteiger partial charge is 0.305 e. The van der Waals surface area contributed by atoms with Crippen LogP contribution >= 0.6 is 0 Å². The van der Waals surface area contributed by atoms with E-state index in [1.165, 1.54) is 18.9 Å². The number of benzene rings is 1. The van der Waals surface area contributed by atoms with Crippen LogP contribution in [0.25, 0.3) is 0 Å². The number of ether oxygens (including phenoxy) is 2. The summed E-state index contributed by atoms with van der Waals surface area (Å²) in [5.74, 6) is -0.709. The number of para-hydroxylation sites is 1. The predicted molar refractivity (Wildman–Crippen MR) is 101 cm³/mol. The van der Waals surface area contributed by atoms with Gasteiger partial charge in [-0.25, -0.2) is 0 Å². The molecule has 0 unspecified atom stereocenters. The maximum Gasteiger partial charge on any atom is 0.305 e. The average molecular weight is 379 g/mol. The number of nitrogens with zero attached hydrogens (tertiary/aromatic N) is 1. The topological polar surface area (TPSA) is 95.7 Å². The van der Waals surface area contributed by atoms with Crippen LogP contribution in [-0.4, -0.2) is 30.1 Å². The molecule has 0 bridgehead atoms. The summed E-state index contributed by atoms with van der Waals surface area (Å²) in [5, 5.41) is 10.9. The van der Waals surface area contributed by atoms with Crippen molar-refractivity contribution < 1.29 is 24.0 Å². The highest BCUT2D eigenvalue weighted by molar-refractivity contribution is 5.72. The molecule has 0 heterocycles. The number of esters is 2. The molecular formula is C20H29NO6. The van der Waals surface area contributed by atoms with Crippen molar-refractivity contribution in [2.24, 2.45) is 0 Å². The molecule has 7 heteroatoms. The minimum absolute atomic E-state index is 0.0194. The Labute approximate surface area is 160 Å². The minimum Gasteiger partial charge on any atom is -0.466 e. The second kappa shape index (κ2) is 13.7. The first-order valence-electron chi connectivity index (χ1n) is 9.58. The average Bonchev–Trinajstić information content (AvgIpc) is 2.65. The van der Waals surface area contributed by atoms with E-state index in [4.69, 9.17) is 9.47 Å². The highest BCUT2D eigenvalue weighted by atomic mass is 16.6. The summed E-state index contributed by atoms with van der Waals surface area (Å²) >= 11 is 0. The molecule has 0 atom stereocenters. The van der Waals surface area contributed by atoms with Crippen LogP contribution < -0.4 is 0 Å². The van der Waals surface area contributed by atoms with Crippen molar-refractivity contribution >= 4 is 17.6 Å². The molecule has 0 fully saturated rings. The van der Waals surface area contributed by atoms with Crippen molar-refractivity contribution in [1.82, 2.24) is 0 Å². The lowest BCUT2D eigenvalue weighted by Gasteiger charge is -2.06. The third kappa shape index (κ3) is 10.3. The van der Waals surface area contributed by atoms with Crippen LogP contribution in [0.2, 0.25) is 0 Å². The van der Waals surface area contributed by atoms with Gasteiger partial charge in [0.1, 0.15) is 0 Å². The zero-order valence-corrected chi connectivity index (χ0v) is 16.0. The largest absolute Gasteiger partial charge is 0.466 e. The molecule has 1 aromatic rings. The van der Waals surface area contributed by atoms with Crippen molar-refractivity contribution in [3.63, 3.8) is 0 Å². The first-order valence-corrected chi connectivity index (χ1v) is 9.58. The SMILES string of the molecule is CCCCCCCOC(=O)CCCC(=O)OCCc1ccccc1[N+](=O)[O-]. The maximum absolute atomic E-state index is 11.7. The molecule has 0 saturated heterocycles. The van der Waals surface area contributed by atoms with Crippen LogP contribution in [0.5, 0.6) is 0 Å². The number of hydrogen-bond donors (Lipinski definition) is 0. The van der Waals surface area contributed by atoms with Gasteiger partial charge >= 0.3 is 11.9 Å². The number of nitro groups is 1. The van der Waals surface area contributed by atoms with Crippen LogP contribution in [0.1, 0.15) is 63.9 Å². The first kappa shape index (κ1) is 22.6. The number of carbonyl (C=O) groups is 2. The van der Waals surface area contributed by atoms with Gasteiger partial charge in [0, 0.05) is 30.9 Å². The number of rotatable bonds is 14. The minimum atomic E-state index is -0.452. The van der Waals surface area contributed by atoms with Crippen molar-refractivity contribution in [3.8, 4) is 0 Å². The molecule has 0 saturated carbocycles. The zero-order chi connectivity index (χ0) is 19.9. The lowest BCUT2D eigenvalue weighted by molar-refractivity contribution is -0.385. The fourth-order valence-corrected chi connectivity index (χ4v) is 2.59. The van der Waals surface area contributed by atoms with E-state index < -0.39 is 10.9 Å². The van der Waals surface area contributed by atoms with Gasteiger partial charge in [-0.2, -0.15) is 0 Å². The quantitative estimate of drug-likeness (QED) is 0.206. The van der Waals surface area contributed by atoms with Crippen LogP contribution in [-0.2, 0) is 25.5 Å². The fourth-order valence-electron chi connectivity index (χ4n) is 2.59. The van der Waals surface area contributed by atoms with E-state index in [0.29, 0.717) is 18.6 Å². The molecule has 1 aromatic carbocycles. The van der Waals surface area contributed by atoms with Gasteiger partial charge < -0.3 is 9.47 Å². The third-order valence-corrected chi connectivity index (χ3v) is 4.10. The van der Waals surface area contributed by atoms with Crippen molar-refractivity contribution in [1.29, 1.82) is 0 Å². The molecule has 0 aliphatic carbocycles. The fraction of sp³-hybridized carbons (Fsp3) is 0.600. The molecule has 150 valence electrons. The normalized spacial score (nSPS) is 10.4. The maximum atomic E-state index is 11.7. The van der Waals surface area contributed by atoms with E-state index in [2.05, 4.69) is 6.92 Å². The number of carbonyl (C=O) groups excluding carboxylic acids is 2. The van der Waals surface area contributed by atoms with E-state index in [1.54, 1.807) is 18.2 Å². The number of nitro benzene ring substituents is 1. The summed E-state index contributed by atoms with van der Waals surface area (Å²) < 4.78 is 10.2. The molecule has 0 aliphatic heterocycles. The van der Waals surface area contributed by atoms with E-state index in [1.807, 2.05) is 0 Å². The van der Waals surface area contributed by atoms with Gasteiger partial charge in [-0.05, 0) is 12.8 Å². The monoisotopic (exact) mass is 379 g/mol. The van der Waals surface area contributed by atoms with Crippen molar-refractivity contribution in [3.05, 3.63) is 39.9 Å². The van der Waals surface area contributed by atoms with Gasteiger partial charge in [0.25, 0.3) is 5.69 Å². The Balaban J connectivity index is 2.11. The molecule has 0 N–H and O–H groups in total. The van der Waals surface area contributed by atoms with E-state index in [0.717, 1.165) is 19.3 Å². The summed E-state index contributed by atoms with van der Waals surface area (Å²) in [5.41, 5.74) is 0.545. The van der Waals surface area contributed by atoms with Crippen molar-refractivity contribution in [2.75, 3.05) is 13.2 Å². The Bertz CT molecular complexity index is 602. The Hall–Kier alpha value is -2.44. The molecule has 0 aromatic heterocycles. The summed E-state index contributed by atoms with van der Waals surface area (Å²) in [6.45, 7) is 2.66. The number of hydrogen-bond acceptors (Lipinski definition) is 6. The third-order valence-electron chi connectivity index (χ3n) is 4.10.